The quantitative estimate of drug-likeness (QED) is 0.749. The van der Waals surface area contributed by atoms with Crippen LogP contribution in [0.5, 0.6) is 5.75 Å². The van der Waals surface area contributed by atoms with Crippen LogP contribution in [-0.2, 0) is 21.2 Å². The largest absolute Gasteiger partial charge is 0.494 e. The number of carbonyl (C=O) groups excluding carboxylic acids is 1. The fourth-order valence-electron chi connectivity index (χ4n) is 2.35. The van der Waals surface area contributed by atoms with Gasteiger partial charge >= 0.3 is 0 Å². The maximum Gasteiger partial charge on any atom is 0.241 e. The van der Waals surface area contributed by atoms with Crippen LogP contribution in [0.4, 0.5) is 0 Å². The van der Waals surface area contributed by atoms with E-state index in [1.54, 1.807) is 12.1 Å². The monoisotopic (exact) mass is 362 g/mol. The lowest BCUT2D eigenvalue weighted by Crippen LogP contribution is -2.46. The normalized spacial score (nSPS) is 12.4. The molecule has 0 spiro atoms. The Balaban J connectivity index is 2.19. The highest BCUT2D eigenvalue weighted by atomic mass is 32.2. The summed E-state index contributed by atoms with van der Waals surface area (Å²) in [6, 6.07) is 14.4. The fourth-order valence-corrected chi connectivity index (χ4v) is 3.54. The van der Waals surface area contributed by atoms with Crippen molar-refractivity contribution in [3.05, 3.63) is 60.2 Å². The second-order valence-corrected chi connectivity index (χ2v) is 7.10. The van der Waals surface area contributed by atoms with Gasteiger partial charge in [0.2, 0.25) is 15.9 Å². The molecule has 2 rings (SSSR count). The maximum atomic E-state index is 12.6. The second-order valence-electron chi connectivity index (χ2n) is 5.38. The lowest BCUT2D eigenvalue weighted by atomic mass is 10.1. The Morgan fingerprint density at radius 3 is 2.28 bits per heavy atom. The van der Waals surface area contributed by atoms with Crippen LogP contribution in [-0.4, -0.2) is 34.0 Å². The number of benzene rings is 2. The molecule has 0 aliphatic heterocycles. The molecule has 0 saturated heterocycles. The van der Waals surface area contributed by atoms with Gasteiger partial charge in [-0.2, -0.15) is 4.72 Å². The summed E-state index contributed by atoms with van der Waals surface area (Å²) in [7, 11) is -2.36. The minimum atomic E-state index is -3.83. The highest BCUT2D eigenvalue weighted by Gasteiger charge is 2.25. The Hall–Kier alpha value is -2.38. The van der Waals surface area contributed by atoms with Gasteiger partial charge in [0.05, 0.1) is 11.5 Å². The van der Waals surface area contributed by atoms with Crippen LogP contribution in [0.2, 0.25) is 0 Å². The molecule has 0 radical (unpaired) electrons. The number of rotatable bonds is 8. The van der Waals surface area contributed by atoms with Gasteiger partial charge in [0.15, 0.2) is 0 Å². The lowest BCUT2D eigenvalue weighted by Gasteiger charge is -2.17. The average Bonchev–Trinajstić information content (AvgIpc) is 2.62. The van der Waals surface area contributed by atoms with Gasteiger partial charge < -0.3 is 10.1 Å². The van der Waals surface area contributed by atoms with Gasteiger partial charge in [-0.05, 0) is 43.2 Å². The molecule has 0 aliphatic rings. The van der Waals surface area contributed by atoms with Crippen LogP contribution in [0.3, 0.4) is 0 Å². The number of sulfonamides is 1. The van der Waals surface area contributed by atoms with Gasteiger partial charge in [0, 0.05) is 7.05 Å². The van der Waals surface area contributed by atoms with Crippen molar-refractivity contribution >= 4 is 15.9 Å². The summed E-state index contributed by atoms with van der Waals surface area (Å²) in [6.45, 7) is 2.35. The van der Waals surface area contributed by atoms with E-state index in [0.717, 1.165) is 5.56 Å². The van der Waals surface area contributed by atoms with Crippen molar-refractivity contribution in [2.75, 3.05) is 13.7 Å². The van der Waals surface area contributed by atoms with E-state index in [2.05, 4.69) is 10.0 Å². The van der Waals surface area contributed by atoms with E-state index >= 15 is 0 Å². The third-order valence-electron chi connectivity index (χ3n) is 3.59. The zero-order valence-corrected chi connectivity index (χ0v) is 15.0. The summed E-state index contributed by atoms with van der Waals surface area (Å²) in [5.74, 6) is 0.201. The van der Waals surface area contributed by atoms with Crippen molar-refractivity contribution < 1.29 is 17.9 Å². The van der Waals surface area contributed by atoms with Crippen molar-refractivity contribution in [3.63, 3.8) is 0 Å². The van der Waals surface area contributed by atoms with E-state index < -0.39 is 22.0 Å². The van der Waals surface area contributed by atoms with Crippen LogP contribution in [0, 0.1) is 0 Å². The van der Waals surface area contributed by atoms with Crippen molar-refractivity contribution in [1.29, 1.82) is 0 Å². The molecule has 2 N–H and O–H groups in total. The van der Waals surface area contributed by atoms with Gasteiger partial charge in [-0.25, -0.2) is 8.42 Å². The summed E-state index contributed by atoms with van der Waals surface area (Å²) in [4.78, 5) is 12.2. The first kappa shape index (κ1) is 19.0. The van der Waals surface area contributed by atoms with Crippen molar-refractivity contribution in [3.8, 4) is 5.75 Å². The van der Waals surface area contributed by atoms with Gasteiger partial charge in [-0.15, -0.1) is 0 Å². The standard InChI is InChI=1S/C18H22N2O4S/c1-3-24-15-9-11-16(12-10-15)25(22,23)20-17(18(21)19-2)13-14-7-5-4-6-8-14/h4-12,17,20H,3,13H2,1-2H3,(H,19,21). The first-order valence-corrected chi connectivity index (χ1v) is 9.45. The molecule has 1 atom stereocenters. The molecule has 0 heterocycles. The Labute approximate surface area is 148 Å². The Bertz CT molecular complexity index is 790. The van der Waals surface area contributed by atoms with Crippen molar-refractivity contribution in [1.82, 2.24) is 10.0 Å². The molecule has 1 amide bonds. The minimum Gasteiger partial charge on any atom is -0.494 e. The minimum absolute atomic E-state index is 0.0814. The van der Waals surface area contributed by atoms with E-state index in [-0.39, 0.29) is 11.3 Å². The van der Waals surface area contributed by atoms with Gasteiger partial charge in [0.25, 0.3) is 0 Å². The van der Waals surface area contributed by atoms with Crippen LogP contribution in [0.25, 0.3) is 0 Å². The lowest BCUT2D eigenvalue weighted by molar-refractivity contribution is -0.122. The Morgan fingerprint density at radius 1 is 1.08 bits per heavy atom. The molecule has 1 unspecified atom stereocenters. The summed E-state index contributed by atoms with van der Waals surface area (Å²) in [5.41, 5.74) is 0.866. The third kappa shape index (κ3) is 5.30. The molecule has 7 heteroatoms. The first-order chi connectivity index (χ1) is 12.0. The molecular weight excluding hydrogens is 340 g/mol. The molecule has 134 valence electrons. The van der Waals surface area contributed by atoms with Crippen LogP contribution in [0.1, 0.15) is 12.5 Å². The number of carbonyl (C=O) groups is 1. The predicted molar refractivity (Wildman–Crippen MR) is 95.9 cm³/mol. The SMILES string of the molecule is CCOc1ccc(S(=O)(=O)NC(Cc2ccccc2)C(=O)NC)cc1. The molecule has 0 aliphatic carbocycles. The molecule has 0 bridgehead atoms. The van der Waals surface area contributed by atoms with E-state index in [9.17, 15) is 13.2 Å². The summed E-state index contributed by atoms with van der Waals surface area (Å²) in [5, 5.41) is 2.50. The fraction of sp³-hybridized carbons (Fsp3) is 0.278. The van der Waals surface area contributed by atoms with E-state index in [1.807, 2.05) is 37.3 Å². The van der Waals surface area contributed by atoms with Crippen LogP contribution < -0.4 is 14.8 Å². The summed E-state index contributed by atoms with van der Waals surface area (Å²) in [6.07, 6.45) is 0.261. The highest BCUT2D eigenvalue weighted by molar-refractivity contribution is 7.89. The van der Waals surface area contributed by atoms with Crippen LogP contribution >= 0.6 is 0 Å². The average molecular weight is 362 g/mol. The highest BCUT2D eigenvalue weighted by Crippen LogP contribution is 2.16. The number of hydrogen-bond donors (Lipinski definition) is 2. The number of nitrogens with one attached hydrogen (secondary N) is 2. The number of amides is 1. The van der Waals surface area contributed by atoms with Gasteiger partial charge in [-0.3, -0.25) is 4.79 Å². The number of likely N-dealkylation sites (N-methyl/N-ethyl adjacent to an activating group) is 1. The van der Waals surface area contributed by atoms with Crippen molar-refractivity contribution in [2.45, 2.75) is 24.3 Å². The third-order valence-corrected chi connectivity index (χ3v) is 5.08. The molecule has 0 aromatic heterocycles. The van der Waals surface area contributed by atoms with Gasteiger partial charge in [-0.1, -0.05) is 30.3 Å². The molecule has 0 fully saturated rings. The van der Waals surface area contributed by atoms with E-state index in [4.69, 9.17) is 4.74 Å². The van der Waals surface area contributed by atoms with Gasteiger partial charge in [0.1, 0.15) is 11.8 Å². The smallest absolute Gasteiger partial charge is 0.241 e. The molecule has 0 saturated carbocycles. The molecule has 25 heavy (non-hydrogen) atoms. The first-order valence-electron chi connectivity index (χ1n) is 7.97. The second kappa shape index (κ2) is 8.64. The molecule has 2 aromatic carbocycles. The topological polar surface area (TPSA) is 84.5 Å². The molecular formula is C18H22N2O4S. The van der Waals surface area contributed by atoms with Crippen LogP contribution in [0.15, 0.2) is 59.5 Å². The molecule has 6 nitrogen and oxygen atoms in total. The Kier molecular flexibility index (Phi) is 6.55. The number of ether oxygens (including phenoxy) is 1. The summed E-state index contributed by atoms with van der Waals surface area (Å²) < 4.78 is 33.0. The Morgan fingerprint density at radius 2 is 1.72 bits per heavy atom. The van der Waals surface area contributed by atoms with E-state index in [0.29, 0.717) is 12.4 Å². The molecule has 2 aromatic rings. The predicted octanol–water partition coefficient (Wildman–Crippen LogP) is 1.72. The maximum absolute atomic E-state index is 12.6. The zero-order valence-electron chi connectivity index (χ0n) is 14.2. The zero-order chi connectivity index (χ0) is 18.3. The van der Waals surface area contributed by atoms with Crippen molar-refractivity contribution in [2.24, 2.45) is 0 Å². The number of hydrogen-bond acceptors (Lipinski definition) is 4. The van der Waals surface area contributed by atoms with E-state index in [1.165, 1.54) is 19.2 Å². The summed E-state index contributed by atoms with van der Waals surface area (Å²) >= 11 is 0.